The van der Waals surface area contributed by atoms with Gasteiger partial charge in [-0.2, -0.15) is 11.8 Å². The largest absolute Gasteiger partial charge is 0.508 e. The van der Waals surface area contributed by atoms with E-state index in [1.165, 1.54) is 36.0 Å². The standard InChI is InChI=1S/C50H75N9O14S/c1-8-28(5)41(59-50(73)42(29(6)9-2)58-43(66)33(51)22-30-13-11-10-12-14-30)49(72)53-34(19-20-74-7)45(68)55-36(23-31-15-17-32(61)18-16-31)47(70)57-38(26-60)48(71)54-35(21-27(3)4)46(69)56-37(24-39(62)63)44(67)52-25-40(64)65/h10-18,27-29,33-38,41-42,60-61H,8-9,19-26,51H2,1-7H3,(H,52,67)(H,53,72)(H,54,71)(H,55,68)(H,56,69)(H,57,70)(H,58,66)(H,59,73)(H,62,63)(H,64,65)/t28-,29-,33-,34-,35-,36-,37-,38-,41-,42-/m0/s1. The van der Waals surface area contributed by atoms with Crippen LogP contribution in [0.1, 0.15) is 84.8 Å². The van der Waals surface area contributed by atoms with E-state index in [-0.39, 0.29) is 43.3 Å². The maximum Gasteiger partial charge on any atom is 0.322 e. The first-order valence-corrected chi connectivity index (χ1v) is 25.8. The van der Waals surface area contributed by atoms with Crippen LogP contribution in [0, 0.1) is 17.8 Å². The first kappa shape index (κ1) is 63.3. The number of aliphatic hydroxyl groups is 1. The van der Waals surface area contributed by atoms with Crippen molar-refractivity contribution in [3.8, 4) is 5.75 Å². The predicted octanol–water partition coefficient (Wildman–Crippen LogP) is -0.542. The molecule has 2 rings (SSSR count). The summed E-state index contributed by atoms with van der Waals surface area (Å²) in [6, 6.07) is 3.76. The Labute approximate surface area is 435 Å². The van der Waals surface area contributed by atoms with E-state index in [1.807, 2.05) is 49.5 Å². The molecule has 0 bridgehead atoms. The summed E-state index contributed by atoms with van der Waals surface area (Å²) in [5.74, 6) is -10.8. The highest BCUT2D eigenvalue weighted by molar-refractivity contribution is 7.98. The van der Waals surface area contributed by atoms with Crippen LogP contribution in [-0.4, -0.2) is 153 Å². The molecular formula is C50H75N9O14S. The molecule has 0 spiro atoms. The van der Waals surface area contributed by atoms with E-state index < -0.39 is 133 Å². The number of aromatic hydroxyl groups is 1. The molecule has 0 fully saturated rings. The zero-order chi connectivity index (χ0) is 55.7. The van der Waals surface area contributed by atoms with E-state index in [9.17, 15) is 63.3 Å². The van der Waals surface area contributed by atoms with E-state index in [2.05, 4.69) is 37.2 Å². The Morgan fingerprint density at radius 2 is 1.03 bits per heavy atom. The number of aliphatic carboxylic acids is 2. The number of rotatable bonds is 33. The third kappa shape index (κ3) is 22.1. The van der Waals surface area contributed by atoms with Gasteiger partial charge in [0.1, 0.15) is 54.6 Å². The molecule has 0 radical (unpaired) electrons. The Morgan fingerprint density at radius 1 is 0.554 bits per heavy atom. The summed E-state index contributed by atoms with van der Waals surface area (Å²) in [4.78, 5) is 132. The normalized spacial score (nSPS) is 15.2. The maximum absolute atomic E-state index is 14.3. The quantitative estimate of drug-likeness (QED) is 0.0427. The van der Waals surface area contributed by atoms with Gasteiger partial charge in [0, 0.05) is 6.42 Å². The number of hydrogen-bond acceptors (Lipinski definition) is 14. The molecule has 14 N–H and O–H groups in total. The highest BCUT2D eigenvalue weighted by Crippen LogP contribution is 2.16. The molecule has 0 aliphatic rings. The number of carboxylic acid groups (broad SMARTS) is 2. The fourth-order valence-electron chi connectivity index (χ4n) is 7.37. The van der Waals surface area contributed by atoms with Crippen molar-refractivity contribution in [2.75, 3.05) is 25.2 Å². The van der Waals surface area contributed by atoms with Crippen molar-refractivity contribution in [1.29, 1.82) is 0 Å². The molecule has 410 valence electrons. The minimum atomic E-state index is -1.76. The zero-order valence-electron chi connectivity index (χ0n) is 43.0. The van der Waals surface area contributed by atoms with Gasteiger partial charge in [-0.25, -0.2) is 0 Å². The van der Waals surface area contributed by atoms with E-state index >= 15 is 0 Å². The Balaban J connectivity index is 2.41. The van der Waals surface area contributed by atoms with Crippen molar-refractivity contribution in [2.24, 2.45) is 23.5 Å². The second-order valence-corrected chi connectivity index (χ2v) is 19.5. The molecular weight excluding hydrogens is 983 g/mol. The summed E-state index contributed by atoms with van der Waals surface area (Å²) < 4.78 is 0. The molecule has 0 heterocycles. The second kappa shape index (κ2) is 32.4. The zero-order valence-corrected chi connectivity index (χ0v) is 43.8. The molecule has 0 aromatic heterocycles. The van der Waals surface area contributed by atoms with Gasteiger partial charge in [0.05, 0.1) is 19.1 Å². The number of nitrogens with one attached hydrogen (secondary N) is 8. The number of aliphatic hydroxyl groups excluding tert-OH is 1. The first-order valence-electron chi connectivity index (χ1n) is 24.5. The molecule has 0 unspecified atom stereocenters. The minimum Gasteiger partial charge on any atom is -0.508 e. The Kier molecular flexibility index (Phi) is 27.7. The van der Waals surface area contributed by atoms with Crippen molar-refractivity contribution in [1.82, 2.24) is 42.5 Å². The number of amides is 8. The van der Waals surface area contributed by atoms with E-state index in [0.29, 0.717) is 24.2 Å². The number of benzene rings is 2. The van der Waals surface area contributed by atoms with Crippen LogP contribution in [0.15, 0.2) is 54.6 Å². The van der Waals surface area contributed by atoms with Crippen LogP contribution in [-0.2, 0) is 60.8 Å². The second-order valence-electron chi connectivity index (χ2n) is 18.5. The van der Waals surface area contributed by atoms with E-state index in [1.54, 1.807) is 34.0 Å². The maximum atomic E-state index is 14.3. The van der Waals surface area contributed by atoms with E-state index in [4.69, 9.17) is 10.8 Å². The molecule has 0 saturated carbocycles. The van der Waals surface area contributed by atoms with Crippen LogP contribution in [0.2, 0.25) is 0 Å². The lowest BCUT2D eigenvalue weighted by Crippen LogP contribution is -2.62. The van der Waals surface area contributed by atoms with Crippen LogP contribution in [0.25, 0.3) is 0 Å². The highest BCUT2D eigenvalue weighted by Gasteiger charge is 2.37. The fraction of sp³-hybridized carbons (Fsp3) is 0.560. The number of carbonyl (C=O) groups is 10. The van der Waals surface area contributed by atoms with Crippen LogP contribution in [0.3, 0.4) is 0 Å². The van der Waals surface area contributed by atoms with Gasteiger partial charge >= 0.3 is 11.9 Å². The number of nitrogens with two attached hydrogens (primary N) is 1. The van der Waals surface area contributed by atoms with Crippen LogP contribution in [0.5, 0.6) is 5.75 Å². The number of carbonyl (C=O) groups excluding carboxylic acids is 8. The molecule has 0 aliphatic heterocycles. The number of phenols is 1. The van der Waals surface area contributed by atoms with Gasteiger partial charge in [-0.1, -0.05) is 96.8 Å². The molecule has 10 atom stereocenters. The summed E-state index contributed by atoms with van der Waals surface area (Å²) in [6.07, 6.45) is 1.68. The average Bonchev–Trinajstić information content (AvgIpc) is 3.35. The SMILES string of the molecule is CC[C@H](C)[C@H](NC(=O)[C@@H](NC(=O)[C@@H](N)Cc1ccccc1)[C@@H](C)CC)C(=O)N[C@@H](CCSC)C(=O)N[C@@H](Cc1ccc(O)cc1)C(=O)N[C@@H](CO)C(=O)N[C@@H](CC(C)C)C(=O)N[C@@H](CC(=O)O)C(=O)NCC(=O)O. The number of thioether (sulfide) groups is 1. The fourth-order valence-corrected chi connectivity index (χ4v) is 7.84. The average molecular weight is 1060 g/mol. The van der Waals surface area contributed by atoms with Gasteiger partial charge in [-0.15, -0.1) is 0 Å². The number of carboxylic acids is 2. The molecule has 2 aromatic carbocycles. The lowest BCUT2D eigenvalue weighted by Gasteiger charge is -2.31. The highest BCUT2D eigenvalue weighted by atomic mass is 32.2. The summed E-state index contributed by atoms with van der Waals surface area (Å²) in [7, 11) is 0. The number of hydrogen-bond donors (Lipinski definition) is 13. The number of phenolic OH excluding ortho intramolecular Hbond substituents is 1. The summed E-state index contributed by atoms with van der Waals surface area (Å²) >= 11 is 1.36. The van der Waals surface area contributed by atoms with Gasteiger partial charge in [-0.05, 0) is 72.3 Å². The van der Waals surface area contributed by atoms with Crippen molar-refractivity contribution in [2.45, 2.75) is 135 Å². The van der Waals surface area contributed by atoms with Crippen LogP contribution in [0.4, 0.5) is 0 Å². The monoisotopic (exact) mass is 1060 g/mol. The van der Waals surface area contributed by atoms with Crippen molar-refractivity contribution >= 4 is 71.0 Å². The lowest BCUT2D eigenvalue weighted by molar-refractivity contribution is -0.142. The third-order valence-corrected chi connectivity index (χ3v) is 12.7. The Hall–Kier alpha value is -6.79. The molecule has 0 saturated heterocycles. The smallest absolute Gasteiger partial charge is 0.322 e. The molecule has 8 amide bonds. The van der Waals surface area contributed by atoms with Crippen LogP contribution < -0.4 is 48.3 Å². The van der Waals surface area contributed by atoms with Crippen LogP contribution >= 0.6 is 11.8 Å². The molecule has 24 heteroatoms. The summed E-state index contributed by atoms with van der Waals surface area (Å²) in [5, 5.41) is 58.6. The van der Waals surface area contributed by atoms with Gasteiger partial charge in [-0.3, -0.25) is 47.9 Å². The molecule has 2 aromatic rings. The molecule has 0 aliphatic carbocycles. The van der Waals surface area contributed by atoms with Crippen molar-refractivity contribution < 1.29 is 68.4 Å². The van der Waals surface area contributed by atoms with Crippen molar-refractivity contribution in [3.05, 3.63) is 65.7 Å². The van der Waals surface area contributed by atoms with Gasteiger partial charge < -0.3 is 68.7 Å². The molecule has 74 heavy (non-hydrogen) atoms. The minimum absolute atomic E-state index is 0.0494. The Morgan fingerprint density at radius 3 is 1.55 bits per heavy atom. The van der Waals surface area contributed by atoms with E-state index in [0.717, 1.165) is 5.56 Å². The topological polar surface area (TPSA) is 374 Å². The predicted molar refractivity (Wildman–Crippen MR) is 275 cm³/mol. The third-order valence-electron chi connectivity index (χ3n) is 12.1. The van der Waals surface area contributed by atoms with Gasteiger partial charge in [0.15, 0.2) is 0 Å². The Bertz CT molecular complexity index is 2200. The summed E-state index contributed by atoms with van der Waals surface area (Å²) in [6.45, 7) is 8.64. The molecule has 23 nitrogen and oxygen atoms in total. The first-order chi connectivity index (χ1) is 34.9. The van der Waals surface area contributed by atoms with Gasteiger partial charge in [0.25, 0.3) is 0 Å². The van der Waals surface area contributed by atoms with Crippen molar-refractivity contribution in [3.63, 3.8) is 0 Å². The summed E-state index contributed by atoms with van der Waals surface area (Å²) in [5.41, 5.74) is 7.51. The lowest BCUT2D eigenvalue weighted by atomic mass is 9.94. The van der Waals surface area contributed by atoms with Gasteiger partial charge in [0.2, 0.25) is 47.3 Å².